The van der Waals surface area contributed by atoms with E-state index in [1.54, 1.807) is 30.3 Å². The average molecular weight is 426 g/mol. The molecule has 0 aliphatic heterocycles. The molecule has 5 nitrogen and oxygen atoms in total. The summed E-state index contributed by atoms with van der Waals surface area (Å²) in [5.74, 6) is -0.272. The fourth-order valence-electron chi connectivity index (χ4n) is 3.93. The number of carbonyl (C=O) groups is 2. The standard InChI is InChI=1S/C27H22O5/c1-18(28)31-23-15-13-22(14-16-23)27(30,21-9-4-3-5-10-21)26-24-11-7-6-8-20(24)12-17-25(26)32-19(2)29/h3-17,30H,1-2H3. The number of hydrogen-bond acceptors (Lipinski definition) is 5. The molecule has 0 spiro atoms. The van der Waals surface area contributed by atoms with Gasteiger partial charge in [-0.25, -0.2) is 0 Å². The van der Waals surface area contributed by atoms with Gasteiger partial charge in [-0.05, 0) is 40.1 Å². The lowest BCUT2D eigenvalue weighted by atomic mass is 9.78. The molecule has 32 heavy (non-hydrogen) atoms. The van der Waals surface area contributed by atoms with Gasteiger partial charge in [0.2, 0.25) is 0 Å². The molecule has 1 N–H and O–H groups in total. The Hall–Kier alpha value is -3.96. The molecule has 4 aromatic rings. The topological polar surface area (TPSA) is 72.8 Å². The van der Waals surface area contributed by atoms with Crippen molar-refractivity contribution in [2.24, 2.45) is 0 Å². The largest absolute Gasteiger partial charge is 0.427 e. The van der Waals surface area contributed by atoms with Gasteiger partial charge in [-0.1, -0.05) is 72.8 Å². The molecular weight excluding hydrogens is 404 g/mol. The SMILES string of the molecule is CC(=O)Oc1ccc(C(O)(c2ccccc2)c2c(OC(C)=O)ccc3ccccc23)cc1. The van der Waals surface area contributed by atoms with Crippen molar-refractivity contribution in [3.8, 4) is 11.5 Å². The number of hydrogen-bond donors (Lipinski definition) is 1. The van der Waals surface area contributed by atoms with Crippen LogP contribution in [0.5, 0.6) is 11.5 Å². The Morgan fingerprint density at radius 2 is 1.28 bits per heavy atom. The third-order valence-corrected chi connectivity index (χ3v) is 5.23. The van der Waals surface area contributed by atoms with E-state index in [1.807, 2.05) is 60.7 Å². The van der Waals surface area contributed by atoms with E-state index < -0.39 is 17.5 Å². The number of rotatable bonds is 5. The van der Waals surface area contributed by atoms with Crippen LogP contribution in [0.15, 0.2) is 91.0 Å². The first-order valence-corrected chi connectivity index (χ1v) is 10.2. The molecule has 4 aromatic carbocycles. The van der Waals surface area contributed by atoms with Crippen molar-refractivity contribution >= 4 is 22.7 Å². The molecule has 1 unspecified atom stereocenters. The van der Waals surface area contributed by atoms with Gasteiger partial charge < -0.3 is 14.6 Å². The molecule has 0 aromatic heterocycles. The number of benzene rings is 4. The molecule has 0 saturated carbocycles. The third kappa shape index (κ3) is 3.98. The summed E-state index contributed by atoms with van der Waals surface area (Å²) < 4.78 is 10.7. The van der Waals surface area contributed by atoms with Crippen LogP contribution in [-0.4, -0.2) is 17.0 Å². The monoisotopic (exact) mass is 426 g/mol. The minimum absolute atomic E-state index is 0.270. The zero-order valence-electron chi connectivity index (χ0n) is 17.7. The van der Waals surface area contributed by atoms with E-state index in [2.05, 4.69) is 0 Å². The van der Waals surface area contributed by atoms with Crippen LogP contribution in [0.1, 0.15) is 30.5 Å². The Balaban J connectivity index is 2.03. The minimum Gasteiger partial charge on any atom is -0.427 e. The maximum atomic E-state index is 12.4. The first kappa shape index (κ1) is 21.3. The summed E-state index contributed by atoms with van der Waals surface area (Å²) >= 11 is 0. The second kappa shape index (κ2) is 8.65. The van der Waals surface area contributed by atoms with E-state index in [1.165, 1.54) is 13.8 Å². The van der Waals surface area contributed by atoms with Crippen LogP contribution in [0.3, 0.4) is 0 Å². The van der Waals surface area contributed by atoms with Crippen molar-refractivity contribution in [1.29, 1.82) is 0 Å². The van der Waals surface area contributed by atoms with Crippen LogP contribution in [0.2, 0.25) is 0 Å². The lowest BCUT2D eigenvalue weighted by Gasteiger charge is -2.32. The van der Waals surface area contributed by atoms with E-state index in [0.29, 0.717) is 22.4 Å². The summed E-state index contributed by atoms with van der Waals surface area (Å²) in [6, 6.07) is 27.0. The number of esters is 2. The maximum absolute atomic E-state index is 12.4. The Labute approximate surface area is 185 Å². The highest BCUT2D eigenvalue weighted by molar-refractivity contribution is 5.91. The number of carbonyl (C=O) groups excluding carboxylic acids is 2. The van der Waals surface area contributed by atoms with Crippen LogP contribution in [0, 0.1) is 0 Å². The summed E-state index contributed by atoms with van der Waals surface area (Å²) in [4.78, 5) is 23.2. The highest BCUT2D eigenvalue weighted by Gasteiger charge is 2.38. The van der Waals surface area contributed by atoms with Gasteiger partial charge >= 0.3 is 11.9 Å². The quantitative estimate of drug-likeness (QED) is 0.277. The summed E-state index contributed by atoms with van der Waals surface area (Å²) in [5, 5.41) is 14.0. The molecule has 0 aliphatic carbocycles. The highest BCUT2D eigenvalue weighted by Crippen LogP contribution is 2.45. The van der Waals surface area contributed by atoms with Crippen molar-refractivity contribution in [2.45, 2.75) is 19.4 Å². The second-order valence-electron chi connectivity index (χ2n) is 7.45. The van der Waals surface area contributed by atoms with Crippen molar-refractivity contribution in [3.63, 3.8) is 0 Å². The fourth-order valence-corrected chi connectivity index (χ4v) is 3.93. The van der Waals surface area contributed by atoms with Crippen molar-refractivity contribution in [1.82, 2.24) is 0 Å². The molecule has 0 aliphatic rings. The molecule has 0 bridgehead atoms. The van der Waals surface area contributed by atoms with Crippen molar-refractivity contribution in [2.75, 3.05) is 0 Å². The molecule has 1 atom stereocenters. The van der Waals surface area contributed by atoms with Crippen LogP contribution >= 0.6 is 0 Å². The van der Waals surface area contributed by atoms with Gasteiger partial charge in [-0.2, -0.15) is 0 Å². The van der Waals surface area contributed by atoms with Gasteiger partial charge in [0, 0.05) is 19.4 Å². The maximum Gasteiger partial charge on any atom is 0.308 e. The van der Waals surface area contributed by atoms with E-state index in [-0.39, 0.29) is 5.75 Å². The lowest BCUT2D eigenvalue weighted by molar-refractivity contribution is -0.132. The second-order valence-corrected chi connectivity index (χ2v) is 7.45. The first-order chi connectivity index (χ1) is 15.4. The zero-order valence-corrected chi connectivity index (χ0v) is 17.7. The molecule has 160 valence electrons. The van der Waals surface area contributed by atoms with E-state index >= 15 is 0 Å². The van der Waals surface area contributed by atoms with Crippen molar-refractivity contribution in [3.05, 3.63) is 108 Å². The molecule has 0 fully saturated rings. The summed E-state index contributed by atoms with van der Waals surface area (Å²) in [6.45, 7) is 2.66. The highest BCUT2D eigenvalue weighted by atomic mass is 16.5. The van der Waals surface area contributed by atoms with E-state index in [0.717, 1.165) is 10.8 Å². The van der Waals surface area contributed by atoms with Crippen LogP contribution in [-0.2, 0) is 15.2 Å². The summed E-state index contributed by atoms with van der Waals surface area (Å²) in [6.07, 6.45) is 0. The van der Waals surface area contributed by atoms with Gasteiger partial charge in [0.15, 0.2) is 0 Å². The summed E-state index contributed by atoms with van der Waals surface area (Å²) in [7, 11) is 0. The molecule has 0 amide bonds. The van der Waals surface area contributed by atoms with Gasteiger partial charge in [0.25, 0.3) is 0 Å². The zero-order chi connectivity index (χ0) is 22.7. The third-order valence-electron chi connectivity index (χ3n) is 5.23. The lowest BCUT2D eigenvalue weighted by Crippen LogP contribution is -2.30. The van der Waals surface area contributed by atoms with Crippen LogP contribution in [0.25, 0.3) is 10.8 Å². The predicted molar refractivity (Wildman–Crippen MR) is 122 cm³/mol. The van der Waals surface area contributed by atoms with Crippen LogP contribution in [0.4, 0.5) is 0 Å². The van der Waals surface area contributed by atoms with Crippen molar-refractivity contribution < 1.29 is 24.2 Å². The average Bonchev–Trinajstić information content (AvgIpc) is 2.79. The Bertz CT molecular complexity index is 1280. The smallest absolute Gasteiger partial charge is 0.308 e. The fraction of sp³-hybridized carbons (Fsp3) is 0.111. The molecule has 4 rings (SSSR count). The molecular formula is C27H22O5. The molecule has 0 radical (unpaired) electrons. The van der Waals surface area contributed by atoms with Gasteiger partial charge in [0.05, 0.1) is 0 Å². The van der Waals surface area contributed by atoms with Gasteiger partial charge in [-0.3, -0.25) is 9.59 Å². The minimum atomic E-state index is -1.65. The Morgan fingerprint density at radius 1 is 0.688 bits per heavy atom. The first-order valence-electron chi connectivity index (χ1n) is 10.2. The summed E-state index contributed by atoms with van der Waals surface area (Å²) in [5.41, 5.74) is -0.0617. The van der Waals surface area contributed by atoms with Crippen LogP contribution < -0.4 is 9.47 Å². The number of ether oxygens (including phenoxy) is 2. The van der Waals surface area contributed by atoms with E-state index in [4.69, 9.17) is 9.47 Å². The Morgan fingerprint density at radius 3 is 1.94 bits per heavy atom. The van der Waals surface area contributed by atoms with E-state index in [9.17, 15) is 14.7 Å². The molecule has 0 saturated heterocycles. The van der Waals surface area contributed by atoms with Gasteiger partial charge in [-0.15, -0.1) is 0 Å². The number of aliphatic hydroxyl groups is 1. The normalized spacial score (nSPS) is 12.7. The molecule has 0 heterocycles. The van der Waals surface area contributed by atoms with Gasteiger partial charge in [0.1, 0.15) is 17.1 Å². The molecule has 5 heteroatoms. The number of fused-ring (bicyclic) bond motifs is 1. The Kier molecular flexibility index (Phi) is 5.75. The predicted octanol–water partition coefficient (Wildman–Crippen LogP) is 4.97.